The zero-order valence-electron chi connectivity index (χ0n) is 13.4. The highest BCUT2D eigenvalue weighted by Crippen LogP contribution is 2.17. The van der Waals surface area contributed by atoms with Crippen molar-refractivity contribution >= 4 is 11.6 Å². The number of nitrogens with one attached hydrogen (secondary N) is 1. The molecule has 1 heterocycles. The molecule has 0 spiro atoms. The zero-order chi connectivity index (χ0) is 16.9. The quantitative estimate of drug-likeness (QED) is 0.779. The van der Waals surface area contributed by atoms with Crippen molar-refractivity contribution in [3.63, 3.8) is 0 Å². The van der Waals surface area contributed by atoms with E-state index in [0.717, 1.165) is 22.5 Å². The van der Waals surface area contributed by atoms with Crippen LogP contribution in [-0.2, 0) is 4.79 Å². The minimum Gasteiger partial charge on any atom is -0.484 e. The molecule has 0 aliphatic heterocycles. The van der Waals surface area contributed by atoms with Crippen LogP contribution in [0.15, 0.2) is 48.8 Å². The summed E-state index contributed by atoms with van der Waals surface area (Å²) in [7, 11) is 0. The molecule has 7 nitrogen and oxygen atoms in total. The van der Waals surface area contributed by atoms with Crippen LogP contribution in [0.4, 0.5) is 5.69 Å². The minimum atomic E-state index is -0.202. The molecule has 0 fully saturated rings. The SMILES string of the molecule is Cc1ccc(NC(=O)COc2ccc(-n3cnnn3)cc2)c(C)c1. The summed E-state index contributed by atoms with van der Waals surface area (Å²) in [4.78, 5) is 12.0. The Labute approximate surface area is 139 Å². The number of tetrazole rings is 1. The smallest absolute Gasteiger partial charge is 0.262 e. The molecule has 0 radical (unpaired) electrons. The van der Waals surface area contributed by atoms with E-state index in [-0.39, 0.29) is 12.5 Å². The predicted molar refractivity (Wildman–Crippen MR) is 89.2 cm³/mol. The van der Waals surface area contributed by atoms with Crippen molar-refractivity contribution in [2.75, 3.05) is 11.9 Å². The number of hydrogen-bond donors (Lipinski definition) is 1. The Morgan fingerprint density at radius 1 is 1.17 bits per heavy atom. The number of carbonyl (C=O) groups excluding carboxylic acids is 1. The standard InChI is InChI=1S/C17H17N5O2/c1-12-3-8-16(13(2)9-12)19-17(23)10-24-15-6-4-14(5-7-15)22-11-18-20-21-22/h3-9,11H,10H2,1-2H3,(H,19,23). The van der Waals surface area contributed by atoms with Crippen LogP contribution in [0.25, 0.3) is 5.69 Å². The van der Waals surface area contributed by atoms with Crippen LogP contribution in [0.3, 0.4) is 0 Å². The van der Waals surface area contributed by atoms with E-state index in [4.69, 9.17) is 4.74 Å². The first-order valence-corrected chi connectivity index (χ1v) is 7.45. The molecular weight excluding hydrogens is 306 g/mol. The largest absolute Gasteiger partial charge is 0.484 e. The molecule has 1 amide bonds. The molecular formula is C17H17N5O2. The van der Waals surface area contributed by atoms with Gasteiger partial charge in [0, 0.05) is 5.69 Å². The number of hydrogen-bond acceptors (Lipinski definition) is 5. The highest BCUT2D eigenvalue weighted by molar-refractivity contribution is 5.92. The van der Waals surface area contributed by atoms with Gasteiger partial charge >= 0.3 is 0 Å². The lowest BCUT2D eigenvalue weighted by Crippen LogP contribution is -2.20. The number of aryl methyl sites for hydroxylation is 2. The van der Waals surface area contributed by atoms with Gasteiger partial charge in [0.2, 0.25) is 0 Å². The Bertz CT molecular complexity index is 829. The van der Waals surface area contributed by atoms with Crippen molar-refractivity contribution in [2.45, 2.75) is 13.8 Å². The maximum Gasteiger partial charge on any atom is 0.262 e. The van der Waals surface area contributed by atoms with Crippen molar-refractivity contribution in [2.24, 2.45) is 0 Å². The maximum atomic E-state index is 12.0. The Balaban J connectivity index is 1.56. The normalized spacial score (nSPS) is 10.4. The Morgan fingerprint density at radius 3 is 2.62 bits per heavy atom. The van der Waals surface area contributed by atoms with E-state index in [2.05, 4.69) is 20.8 Å². The molecule has 0 unspecified atom stereocenters. The molecule has 0 saturated carbocycles. The second-order valence-corrected chi connectivity index (χ2v) is 5.40. The lowest BCUT2D eigenvalue weighted by molar-refractivity contribution is -0.118. The second kappa shape index (κ2) is 6.91. The zero-order valence-corrected chi connectivity index (χ0v) is 13.4. The highest BCUT2D eigenvalue weighted by Gasteiger charge is 2.06. The Morgan fingerprint density at radius 2 is 1.96 bits per heavy atom. The number of benzene rings is 2. The van der Waals surface area contributed by atoms with Gasteiger partial charge < -0.3 is 10.1 Å². The van der Waals surface area contributed by atoms with Crippen molar-refractivity contribution in [1.29, 1.82) is 0 Å². The van der Waals surface area contributed by atoms with Crippen LogP contribution < -0.4 is 10.1 Å². The average molecular weight is 323 g/mol. The third-order valence-electron chi connectivity index (χ3n) is 3.48. The number of carbonyl (C=O) groups is 1. The summed E-state index contributed by atoms with van der Waals surface area (Å²) < 4.78 is 7.04. The van der Waals surface area contributed by atoms with Crippen molar-refractivity contribution in [3.05, 3.63) is 59.9 Å². The first-order valence-electron chi connectivity index (χ1n) is 7.45. The molecule has 0 bridgehead atoms. The van der Waals surface area contributed by atoms with Gasteiger partial charge in [-0.25, -0.2) is 4.68 Å². The molecule has 24 heavy (non-hydrogen) atoms. The number of ether oxygens (including phenoxy) is 1. The number of amides is 1. The van der Waals surface area contributed by atoms with Gasteiger partial charge in [-0.15, -0.1) is 5.10 Å². The van der Waals surface area contributed by atoms with Crippen molar-refractivity contribution in [1.82, 2.24) is 20.2 Å². The molecule has 0 aliphatic carbocycles. The van der Waals surface area contributed by atoms with Gasteiger partial charge in [0.05, 0.1) is 5.69 Å². The van der Waals surface area contributed by atoms with Gasteiger partial charge in [0.1, 0.15) is 12.1 Å². The Hall–Kier alpha value is -3.22. The molecule has 122 valence electrons. The highest BCUT2D eigenvalue weighted by atomic mass is 16.5. The molecule has 0 saturated heterocycles. The summed E-state index contributed by atoms with van der Waals surface area (Å²) in [6, 6.07) is 13.0. The molecule has 3 rings (SSSR count). The minimum absolute atomic E-state index is 0.0580. The van der Waals surface area contributed by atoms with E-state index in [1.807, 2.05) is 44.2 Å². The maximum absolute atomic E-state index is 12.0. The molecule has 1 aromatic heterocycles. The van der Waals surface area contributed by atoms with E-state index in [0.29, 0.717) is 5.75 Å². The van der Waals surface area contributed by atoms with Gasteiger partial charge in [-0.3, -0.25) is 4.79 Å². The summed E-state index contributed by atoms with van der Waals surface area (Å²) >= 11 is 0. The third kappa shape index (κ3) is 3.75. The summed E-state index contributed by atoms with van der Waals surface area (Å²) in [5, 5.41) is 13.8. The summed E-state index contributed by atoms with van der Waals surface area (Å²) in [5.41, 5.74) is 3.79. The molecule has 0 aliphatic rings. The van der Waals surface area contributed by atoms with Gasteiger partial charge in [-0.2, -0.15) is 0 Å². The van der Waals surface area contributed by atoms with Crippen LogP contribution in [0.5, 0.6) is 5.75 Å². The molecule has 2 aromatic carbocycles. The molecule has 0 atom stereocenters. The molecule has 7 heteroatoms. The number of nitrogens with zero attached hydrogens (tertiary/aromatic N) is 4. The lowest BCUT2D eigenvalue weighted by atomic mass is 10.1. The van der Waals surface area contributed by atoms with E-state index < -0.39 is 0 Å². The third-order valence-corrected chi connectivity index (χ3v) is 3.48. The van der Waals surface area contributed by atoms with Crippen molar-refractivity contribution in [3.8, 4) is 11.4 Å². The summed E-state index contributed by atoms with van der Waals surface area (Å²) in [5.74, 6) is 0.397. The van der Waals surface area contributed by atoms with Crippen LogP contribution in [0.2, 0.25) is 0 Å². The van der Waals surface area contributed by atoms with E-state index in [1.54, 1.807) is 12.1 Å². The van der Waals surface area contributed by atoms with Gasteiger partial charge in [0.15, 0.2) is 6.61 Å². The van der Waals surface area contributed by atoms with Gasteiger partial charge in [-0.05, 0) is 60.2 Å². The monoisotopic (exact) mass is 323 g/mol. The summed E-state index contributed by atoms with van der Waals surface area (Å²) in [6.07, 6.45) is 1.51. The fourth-order valence-corrected chi connectivity index (χ4v) is 2.26. The second-order valence-electron chi connectivity index (χ2n) is 5.40. The Kier molecular flexibility index (Phi) is 4.51. The van der Waals surface area contributed by atoms with E-state index in [9.17, 15) is 4.79 Å². The fraction of sp³-hybridized carbons (Fsp3) is 0.176. The predicted octanol–water partition coefficient (Wildman–Crippen LogP) is 2.30. The summed E-state index contributed by atoms with van der Waals surface area (Å²) in [6.45, 7) is 3.92. The van der Waals surface area contributed by atoms with Crippen LogP contribution in [0, 0.1) is 13.8 Å². The van der Waals surface area contributed by atoms with Crippen LogP contribution >= 0.6 is 0 Å². The number of rotatable bonds is 5. The van der Waals surface area contributed by atoms with Crippen LogP contribution in [-0.4, -0.2) is 32.7 Å². The lowest BCUT2D eigenvalue weighted by Gasteiger charge is -2.10. The van der Waals surface area contributed by atoms with Gasteiger partial charge in [-0.1, -0.05) is 17.7 Å². The first-order chi connectivity index (χ1) is 11.6. The number of anilines is 1. The number of aromatic nitrogens is 4. The average Bonchev–Trinajstić information content (AvgIpc) is 3.11. The topological polar surface area (TPSA) is 81.9 Å². The first kappa shape index (κ1) is 15.7. The van der Waals surface area contributed by atoms with Crippen molar-refractivity contribution < 1.29 is 9.53 Å². The van der Waals surface area contributed by atoms with Crippen LogP contribution in [0.1, 0.15) is 11.1 Å². The van der Waals surface area contributed by atoms with E-state index >= 15 is 0 Å². The van der Waals surface area contributed by atoms with Gasteiger partial charge in [0.25, 0.3) is 5.91 Å². The van der Waals surface area contributed by atoms with E-state index in [1.165, 1.54) is 11.0 Å². The fourth-order valence-electron chi connectivity index (χ4n) is 2.26. The molecule has 1 N–H and O–H groups in total. The molecule has 3 aromatic rings.